The maximum atomic E-state index is 11.1. The summed E-state index contributed by atoms with van der Waals surface area (Å²) in [4.78, 5) is 15.9. The van der Waals surface area contributed by atoms with Crippen LogP contribution in [0.15, 0.2) is 0 Å². The quantitative estimate of drug-likeness (QED) is 0.578. The monoisotopic (exact) mass is 209 g/mol. The van der Waals surface area contributed by atoms with Gasteiger partial charge < -0.3 is 5.11 Å². The number of hydroxylamine groups is 2. The Morgan fingerprint density at radius 2 is 2.31 bits per heavy atom. The van der Waals surface area contributed by atoms with Crippen molar-refractivity contribution in [2.75, 3.05) is 25.2 Å². The molecule has 1 rings (SSSR count). The van der Waals surface area contributed by atoms with Gasteiger partial charge in [-0.1, -0.05) is 0 Å². The van der Waals surface area contributed by atoms with Crippen LogP contribution in [0.2, 0.25) is 0 Å². The van der Waals surface area contributed by atoms with Gasteiger partial charge in [-0.3, -0.25) is 9.63 Å². The van der Waals surface area contributed by atoms with Crippen molar-refractivity contribution in [1.29, 1.82) is 0 Å². The smallest absolute Gasteiger partial charge is 0.261 e. The van der Waals surface area contributed by atoms with Gasteiger partial charge in [0.2, 0.25) is 0 Å². The van der Waals surface area contributed by atoms with Crippen LogP contribution in [0.4, 0.5) is 0 Å². The first-order valence-electron chi connectivity index (χ1n) is 3.67. The Bertz CT molecular complexity index is 298. The number of aliphatic hydroxyl groups excluding tert-OH is 1. The number of aliphatic hydroxyl groups is 1. The van der Waals surface area contributed by atoms with Crippen LogP contribution in [0.3, 0.4) is 0 Å². The molecule has 6 nitrogen and oxygen atoms in total. The fraction of sp³-hybridized carbons (Fsp3) is 0.833. The van der Waals surface area contributed by atoms with Gasteiger partial charge in [0, 0.05) is 6.26 Å². The molecule has 76 valence electrons. The third kappa shape index (κ3) is 3.29. The van der Waals surface area contributed by atoms with Crippen LogP contribution < -0.4 is 0 Å². The van der Waals surface area contributed by atoms with E-state index >= 15 is 0 Å². The molecule has 0 aromatic carbocycles. The van der Waals surface area contributed by atoms with Gasteiger partial charge in [0.25, 0.3) is 5.91 Å². The van der Waals surface area contributed by atoms with Gasteiger partial charge in [0.05, 0.1) is 12.6 Å². The molecule has 1 amide bonds. The lowest BCUT2D eigenvalue weighted by atomic mass is 10.4. The number of carbonyl (C=O) groups excluding carboxylic acids is 1. The number of sulfone groups is 1. The molecule has 7 heteroatoms. The Kier molecular flexibility index (Phi) is 2.89. The van der Waals surface area contributed by atoms with Crippen LogP contribution in [0.5, 0.6) is 0 Å². The number of rotatable bonds is 2. The van der Waals surface area contributed by atoms with Crippen LogP contribution in [0.1, 0.15) is 0 Å². The lowest BCUT2D eigenvalue weighted by molar-refractivity contribution is -0.165. The predicted octanol–water partition coefficient (Wildman–Crippen LogP) is -1.83. The van der Waals surface area contributed by atoms with E-state index in [4.69, 9.17) is 9.94 Å². The second-order valence-electron chi connectivity index (χ2n) is 2.97. The van der Waals surface area contributed by atoms with Gasteiger partial charge in [-0.2, -0.15) is 0 Å². The molecule has 0 aromatic heterocycles. The number of carbonyl (C=O) groups is 1. The van der Waals surface area contributed by atoms with Crippen molar-refractivity contribution in [1.82, 2.24) is 5.06 Å². The summed E-state index contributed by atoms with van der Waals surface area (Å²) >= 11 is 0. The molecule has 0 unspecified atom stereocenters. The summed E-state index contributed by atoms with van der Waals surface area (Å²) < 4.78 is 21.4. The standard InChI is InChI=1S/C6H11NO5S/c1-13(10,11)4-6(9)7-2-5(8)3-12-7/h5,8H,2-4H2,1H3/t5-/m1/s1. The fourth-order valence-corrected chi connectivity index (χ4v) is 1.54. The van der Waals surface area contributed by atoms with Crippen molar-refractivity contribution in [3.05, 3.63) is 0 Å². The molecule has 0 radical (unpaired) electrons. The molecule has 0 aliphatic carbocycles. The average molecular weight is 209 g/mol. The Labute approximate surface area is 76.0 Å². The van der Waals surface area contributed by atoms with E-state index in [9.17, 15) is 13.2 Å². The molecule has 1 aliphatic rings. The number of amides is 1. The van der Waals surface area contributed by atoms with Crippen LogP contribution in [-0.4, -0.2) is 55.8 Å². The van der Waals surface area contributed by atoms with Crippen molar-refractivity contribution < 1.29 is 23.2 Å². The maximum absolute atomic E-state index is 11.1. The minimum absolute atomic E-state index is 0.0361. The third-order valence-corrected chi connectivity index (χ3v) is 2.23. The predicted molar refractivity (Wildman–Crippen MR) is 43.4 cm³/mol. The van der Waals surface area contributed by atoms with Crippen LogP contribution in [0.25, 0.3) is 0 Å². The summed E-state index contributed by atoms with van der Waals surface area (Å²) in [7, 11) is -3.33. The van der Waals surface area contributed by atoms with E-state index in [-0.39, 0.29) is 13.2 Å². The Morgan fingerprint density at radius 3 is 2.69 bits per heavy atom. The SMILES string of the molecule is CS(=O)(=O)CC(=O)N1C[C@@H](O)CO1. The van der Waals surface area contributed by atoms with Gasteiger partial charge >= 0.3 is 0 Å². The second-order valence-corrected chi connectivity index (χ2v) is 5.11. The first-order chi connectivity index (χ1) is 5.88. The van der Waals surface area contributed by atoms with Gasteiger partial charge in [0.15, 0.2) is 9.84 Å². The van der Waals surface area contributed by atoms with E-state index in [0.717, 1.165) is 11.3 Å². The Balaban J connectivity index is 2.50. The summed E-state index contributed by atoms with van der Waals surface area (Å²) in [5.41, 5.74) is 0. The number of hydrogen-bond acceptors (Lipinski definition) is 5. The lowest BCUT2D eigenvalue weighted by Crippen LogP contribution is -2.33. The van der Waals surface area contributed by atoms with Crippen LogP contribution in [0, 0.1) is 0 Å². The zero-order valence-corrected chi connectivity index (χ0v) is 7.95. The van der Waals surface area contributed by atoms with Crippen molar-refractivity contribution >= 4 is 15.7 Å². The first kappa shape index (κ1) is 10.4. The van der Waals surface area contributed by atoms with Crippen molar-refractivity contribution in [2.24, 2.45) is 0 Å². The summed E-state index contributed by atoms with van der Waals surface area (Å²) in [6.45, 7) is 0.0733. The van der Waals surface area contributed by atoms with Crippen LogP contribution in [-0.2, 0) is 19.5 Å². The number of hydrogen-bond donors (Lipinski definition) is 1. The zero-order chi connectivity index (χ0) is 10.1. The van der Waals surface area contributed by atoms with E-state index in [1.807, 2.05) is 0 Å². The normalized spacial score (nSPS) is 23.5. The molecule has 0 aromatic rings. The van der Waals surface area contributed by atoms with E-state index < -0.39 is 27.6 Å². The third-order valence-electron chi connectivity index (χ3n) is 1.46. The molecule has 1 heterocycles. The summed E-state index contributed by atoms with van der Waals surface area (Å²) in [5.74, 6) is -1.22. The highest BCUT2D eigenvalue weighted by atomic mass is 32.2. The summed E-state index contributed by atoms with van der Waals surface area (Å²) in [6, 6.07) is 0. The second kappa shape index (κ2) is 3.60. The molecule has 1 atom stereocenters. The fourth-order valence-electron chi connectivity index (χ4n) is 0.943. The van der Waals surface area contributed by atoms with E-state index in [2.05, 4.69) is 0 Å². The minimum Gasteiger partial charge on any atom is -0.389 e. The zero-order valence-electron chi connectivity index (χ0n) is 7.13. The summed E-state index contributed by atoms with van der Waals surface area (Å²) in [5, 5.41) is 9.86. The van der Waals surface area contributed by atoms with Crippen molar-refractivity contribution in [3.8, 4) is 0 Å². The minimum atomic E-state index is -3.33. The largest absolute Gasteiger partial charge is 0.389 e. The Morgan fingerprint density at radius 1 is 1.69 bits per heavy atom. The first-order valence-corrected chi connectivity index (χ1v) is 5.73. The molecular weight excluding hydrogens is 198 g/mol. The molecule has 1 fully saturated rings. The van der Waals surface area contributed by atoms with Gasteiger partial charge in [-0.15, -0.1) is 0 Å². The molecule has 13 heavy (non-hydrogen) atoms. The lowest BCUT2D eigenvalue weighted by Gasteiger charge is -2.12. The highest BCUT2D eigenvalue weighted by Gasteiger charge is 2.27. The maximum Gasteiger partial charge on any atom is 0.261 e. The molecule has 1 aliphatic heterocycles. The number of β-amino-alcohol motifs (C(OH)–C–C–N with tert-alkyl or cyclic N) is 1. The molecule has 0 saturated carbocycles. The highest BCUT2D eigenvalue weighted by Crippen LogP contribution is 2.06. The molecular formula is C6H11NO5S. The van der Waals surface area contributed by atoms with Gasteiger partial charge in [0.1, 0.15) is 12.4 Å². The molecule has 1 N–H and O–H groups in total. The van der Waals surface area contributed by atoms with Crippen LogP contribution >= 0.6 is 0 Å². The summed E-state index contributed by atoms with van der Waals surface area (Å²) in [6.07, 6.45) is 0.251. The highest BCUT2D eigenvalue weighted by molar-refractivity contribution is 7.91. The van der Waals surface area contributed by atoms with Crippen molar-refractivity contribution in [3.63, 3.8) is 0 Å². The molecule has 1 saturated heterocycles. The van der Waals surface area contributed by atoms with E-state index in [0.29, 0.717) is 0 Å². The van der Waals surface area contributed by atoms with E-state index in [1.54, 1.807) is 0 Å². The van der Waals surface area contributed by atoms with Gasteiger partial charge in [-0.05, 0) is 0 Å². The van der Waals surface area contributed by atoms with E-state index in [1.165, 1.54) is 0 Å². The van der Waals surface area contributed by atoms with Crippen molar-refractivity contribution in [2.45, 2.75) is 6.10 Å². The Hall–Kier alpha value is -0.660. The topological polar surface area (TPSA) is 83.9 Å². The molecule has 0 bridgehead atoms. The van der Waals surface area contributed by atoms with Gasteiger partial charge in [-0.25, -0.2) is 13.5 Å². The molecule has 0 spiro atoms. The number of nitrogens with zero attached hydrogens (tertiary/aromatic N) is 1. The average Bonchev–Trinajstić information content (AvgIpc) is 2.31.